The molecule has 0 radical (unpaired) electrons. The van der Waals surface area contributed by atoms with Gasteiger partial charge in [0.2, 0.25) is 0 Å². The van der Waals surface area contributed by atoms with Crippen LogP contribution in [0.3, 0.4) is 0 Å². The van der Waals surface area contributed by atoms with Crippen molar-refractivity contribution in [2.75, 3.05) is 19.3 Å². The third kappa shape index (κ3) is 4.49. The van der Waals surface area contributed by atoms with E-state index in [-0.39, 0.29) is 18.3 Å². The Morgan fingerprint density at radius 3 is 2.71 bits per heavy atom. The van der Waals surface area contributed by atoms with Crippen LogP contribution in [-0.2, 0) is 0 Å². The summed E-state index contributed by atoms with van der Waals surface area (Å²) >= 11 is 0. The molecule has 94 valence electrons. The molecule has 1 aromatic rings. The van der Waals surface area contributed by atoms with Crippen LogP contribution in [0.2, 0.25) is 0 Å². The van der Waals surface area contributed by atoms with Crippen LogP contribution < -0.4 is 5.73 Å². The number of unbranched alkanes of at least 4 members (excludes halogenated alkanes) is 1. The Kier molecular flexibility index (Phi) is 7.06. The van der Waals surface area contributed by atoms with Crippen molar-refractivity contribution in [1.29, 1.82) is 0 Å². The van der Waals surface area contributed by atoms with Gasteiger partial charge in [-0.15, -0.1) is 19.0 Å². The van der Waals surface area contributed by atoms with E-state index in [2.05, 4.69) is 6.58 Å². The number of carbonyl (C=O) groups excluding carboxylic acids is 1. The molecule has 0 aliphatic heterocycles. The first-order valence-corrected chi connectivity index (χ1v) is 5.37. The number of amides is 1. The van der Waals surface area contributed by atoms with Crippen LogP contribution in [0.1, 0.15) is 23.2 Å². The molecule has 4 heteroatoms. The summed E-state index contributed by atoms with van der Waals surface area (Å²) in [5.41, 5.74) is 6.85. The highest BCUT2D eigenvalue weighted by atomic mass is 35.5. The topological polar surface area (TPSA) is 46.3 Å². The van der Waals surface area contributed by atoms with Gasteiger partial charge in [0.25, 0.3) is 5.91 Å². The number of benzene rings is 1. The lowest BCUT2D eigenvalue weighted by Gasteiger charge is -2.17. The van der Waals surface area contributed by atoms with E-state index in [4.69, 9.17) is 5.73 Å². The molecule has 0 unspecified atom stereocenters. The molecular formula is C13H19ClN2O. The fraction of sp³-hybridized carbons (Fsp3) is 0.308. The Hall–Kier alpha value is -1.48. The van der Waals surface area contributed by atoms with Crippen LogP contribution in [0, 0.1) is 0 Å². The summed E-state index contributed by atoms with van der Waals surface area (Å²) in [7, 11) is 1.79. The van der Waals surface area contributed by atoms with Gasteiger partial charge in [-0.05, 0) is 25.0 Å². The zero-order valence-electron chi connectivity index (χ0n) is 10.1. The summed E-state index contributed by atoms with van der Waals surface area (Å²) in [6.45, 7) is 4.37. The molecule has 17 heavy (non-hydrogen) atoms. The lowest BCUT2D eigenvalue weighted by molar-refractivity contribution is 0.0795. The van der Waals surface area contributed by atoms with E-state index >= 15 is 0 Å². The van der Waals surface area contributed by atoms with Crippen molar-refractivity contribution >= 4 is 24.0 Å². The number of para-hydroxylation sites is 1. The normalized spacial score (nSPS) is 9.24. The Morgan fingerprint density at radius 2 is 2.12 bits per heavy atom. The summed E-state index contributed by atoms with van der Waals surface area (Å²) in [5.74, 6) is -0.0258. The summed E-state index contributed by atoms with van der Waals surface area (Å²) in [5, 5.41) is 0. The van der Waals surface area contributed by atoms with E-state index in [1.807, 2.05) is 18.2 Å². The number of nitrogens with two attached hydrogens (primary N) is 1. The van der Waals surface area contributed by atoms with Crippen molar-refractivity contribution in [1.82, 2.24) is 4.90 Å². The highest BCUT2D eigenvalue weighted by Crippen LogP contribution is 2.12. The van der Waals surface area contributed by atoms with Gasteiger partial charge in [0.05, 0.1) is 5.56 Å². The van der Waals surface area contributed by atoms with E-state index in [9.17, 15) is 4.79 Å². The second-order valence-electron chi connectivity index (χ2n) is 3.74. The second kappa shape index (κ2) is 7.74. The molecule has 0 bridgehead atoms. The van der Waals surface area contributed by atoms with Crippen molar-refractivity contribution in [3.05, 3.63) is 42.5 Å². The number of rotatable bonds is 5. The maximum atomic E-state index is 12.0. The number of allylic oxidation sites excluding steroid dienone is 1. The first kappa shape index (κ1) is 15.5. The van der Waals surface area contributed by atoms with Gasteiger partial charge in [-0.2, -0.15) is 0 Å². The van der Waals surface area contributed by atoms with Gasteiger partial charge in [-0.1, -0.05) is 18.2 Å². The van der Waals surface area contributed by atoms with Crippen molar-refractivity contribution in [2.45, 2.75) is 12.8 Å². The average Bonchev–Trinajstić information content (AvgIpc) is 2.29. The van der Waals surface area contributed by atoms with E-state index in [1.54, 1.807) is 24.1 Å². The fourth-order valence-electron chi connectivity index (χ4n) is 1.47. The number of nitrogen functional groups attached to an aromatic ring is 1. The van der Waals surface area contributed by atoms with E-state index in [0.29, 0.717) is 11.3 Å². The van der Waals surface area contributed by atoms with Crippen LogP contribution in [0.25, 0.3) is 0 Å². The smallest absolute Gasteiger partial charge is 0.255 e. The molecule has 3 nitrogen and oxygen atoms in total. The highest BCUT2D eigenvalue weighted by Gasteiger charge is 2.13. The van der Waals surface area contributed by atoms with Crippen LogP contribution in [-0.4, -0.2) is 24.4 Å². The van der Waals surface area contributed by atoms with Crippen LogP contribution in [0.5, 0.6) is 0 Å². The van der Waals surface area contributed by atoms with Gasteiger partial charge in [0, 0.05) is 19.3 Å². The minimum absolute atomic E-state index is 0. The number of carbonyl (C=O) groups is 1. The fourth-order valence-corrected chi connectivity index (χ4v) is 1.47. The third-order valence-electron chi connectivity index (χ3n) is 2.44. The van der Waals surface area contributed by atoms with Gasteiger partial charge < -0.3 is 10.6 Å². The quantitative estimate of drug-likeness (QED) is 0.499. The zero-order valence-corrected chi connectivity index (χ0v) is 10.9. The Bertz CT molecular complexity index is 379. The molecule has 1 rings (SSSR count). The first-order chi connectivity index (χ1) is 7.66. The minimum atomic E-state index is -0.0258. The average molecular weight is 255 g/mol. The van der Waals surface area contributed by atoms with E-state index in [0.717, 1.165) is 19.4 Å². The Morgan fingerprint density at radius 1 is 1.47 bits per heavy atom. The molecule has 1 amide bonds. The molecule has 0 spiro atoms. The molecule has 0 aliphatic carbocycles. The van der Waals surface area contributed by atoms with E-state index < -0.39 is 0 Å². The molecular weight excluding hydrogens is 236 g/mol. The number of hydrogen-bond donors (Lipinski definition) is 1. The largest absolute Gasteiger partial charge is 0.398 e. The highest BCUT2D eigenvalue weighted by molar-refractivity contribution is 5.98. The minimum Gasteiger partial charge on any atom is -0.398 e. The molecule has 1 aromatic carbocycles. The van der Waals surface area contributed by atoms with Crippen LogP contribution >= 0.6 is 12.4 Å². The first-order valence-electron chi connectivity index (χ1n) is 5.37. The monoisotopic (exact) mass is 254 g/mol. The number of anilines is 1. The maximum Gasteiger partial charge on any atom is 0.255 e. The van der Waals surface area contributed by atoms with Gasteiger partial charge in [0.1, 0.15) is 0 Å². The summed E-state index contributed by atoms with van der Waals surface area (Å²) in [6, 6.07) is 7.14. The van der Waals surface area contributed by atoms with Crippen molar-refractivity contribution < 1.29 is 4.79 Å². The third-order valence-corrected chi connectivity index (χ3v) is 2.44. The van der Waals surface area contributed by atoms with Gasteiger partial charge >= 0.3 is 0 Å². The lowest BCUT2D eigenvalue weighted by Crippen LogP contribution is -2.28. The summed E-state index contributed by atoms with van der Waals surface area (Å²) in [6.07, 6.45) is 3.70. The standard InChI is InChI=1S/C13H18N2O.ClH/c1-3-4-7-10-15(2)13(16)11-8-5-6-9-12(11)14;/h3,5-6,8-9H,1,4,7,10,14H2,2H3;1H. The van der Waals surface area contributed by atoms with Gasteiger partial charge in [-0.25, -0.2) is 0 Å². The van der Waals surface area contributed by atoms with E-state index in [1.165, 1.54) is 0 Å². The predicted octanol–water partition coefficient (Wildman–Crippen LogP) is 2.73. The predicted molar refractivity (Wildman–Crippen MR) is 74.5 cm³/mol. The van der Waals surface area contributed by atoms with Crippen molar-refractivity contribution in [3.8, 4) is 0 Å². The number of nitrogens with zero attached hydrogens (tertiary/aromatic N) is 1. The molecule has 0 aromatic heterocycles. The molecule has 0 aliphatic rings. The van der Waals surface area contributed by atoms with Gasteiger partial charge in [-0.3, -0.25) is 4.79 Å². The maximum absolute atomic E-state index is 12.0. The molecule has 0 saturated heterocycles. The Balaban J connectivity index is 0.00000256. The van der Waals surface area contributed by atoms with Crippen LogP contribution in [0.4, 0.5) is 5.69 Å². The number of hydrogen-bond acceptors (Lipinski definition) is 2. The second-order valence-corrected chi connectivity index (χ2v) is 3.74. The van der Waals surface area contributed by atoms with Gasteiger partial charge in [0.15, 0.2) is 0 Å². The number of halogens is 1. The molecule has 2 N–H and O–H groups in total. The molecule has 0 heterocycles. The SMILES string of the molecule is C=CCCCN(C)C(=O)c1ccccc1N.Cl. The van der Waals surface area contributed by atoms with Crippen molar-refractivity contribution in [2.24, 2.45) is 0 Å². The van der Waals surface area contributed by atoms with Crippen molar-refractivity contribution in [3.63, 3.8) is 0 Å². The zero-order chi connectivity index (χ0) is 12.0. The lowest BCUT2D eigenvalue weighted by atomic mass is 10.1. The molecule has 0 atom stereocenters. The Labute approximate surface area is 109 Å². The summed E-state index contributed by atoms with van der Waals surface area (Å²) < 4.78 is 0. The molecule has 0 saturated carbocycles. The molecule has 0 fully saturated rings. The van der Waals surface area contributed by atoms with Crippen LogP contribution in [0.15, 0.2) is 36.9 Å². The summed E-state index contributed by atoms with van der Waals surface area (Å²) in [4.78, 5) is 13.7.